The van der Waals surface area contributed by atoms with Crippen LogP contribution >= 0.6 is 0 Å². The summed E-state index contributed by atoms with van der Waals surface area (Å²) in [6.07, 6.45) is 1.73. The molecule has 0 radical (unpaired) electrons. The number of hydrogen-bond donors (Lipinski definition) is 3. The van der Waals surface area contributed by atoms with Gasteiger partial charge >= 0.3 is 12.0 Å². The fraction of sp³-hybridized carbons (Fsp3) is 0.833. The first-order valence-electron chi connectivity index (χ1n) is 6.75. The van der Waals surface area contributed by atoms with Crippen molar-refractivity contribution in [2.45, 2.75) is 45.2 Å². The zero-order valence-electron chi connectivity index (χ0n) is 11.8. The van der Waals surface area contributed by atoms with E-state index in [1.54, 1.807) is 6.92 Å². The summed E-state index contributed by atoms with van der Waals surface area (Å²) < 4.78 is 22.9. The van der Waals surface area contributed by atoms with Crippen LogP contribution < -0.4 is 10.6 Å². The van der Waals surface area contributed by atoms with Crippen LogP contribution in [0.4, 0.5) is 4.79 Å². The topological polar surface area (TPSA) is 113 Å². The highest BCUT2D eigenvalue weighted by Crippen LogP contribution is 2.12. The Balaban J connectivity index is 2.56. The molecular weight excluding hydrogens is 284 g/mol. The summed E-state index contributed by atoms with van der Waals surface area (Å²) in [6.45, 7) is 3.58. The largest absolute Gasteiger partial charge is 0.480 e. The summed E-state index contributed by atoms with van der Waals surface area (Å²) in [6, 6.07) is -2.04. The van der Waals surface area contributed by atoms with Crippen LogP contribution in [0, 0.1) is 5.92 Å². The lowest BCUT2D eigenvalue weighted by Crippen LogP contribution is -2.53. The van der Waals surface area contributed by atoms with Crippen LogP contribution in [-0.4, -0.2) is 49.1 Å². The summed E-state index contributed by atoms with van der Waals surface area (Å²) >= 11 is 0. The number of aliphatic carboxylic acids is 1. The van der Waals surface area contributed by atoms with E-state index >= 15 is 0 Å². The van der Waals surface area contributed by atoms with Gasteiger partial charge in [-0.15, -0.1) is 0 Å². The molecular formula is C12H22N2O5S. The summed E-state index contributed by atoms with van der Waals surface area (Å²) in [4.78, 5) is 22.9. The maximum atomic E-state index is 11.8. The lowest BCUT2D eigenvalue weighted by molar-refractivity contribution is -0.140. The maximum absolute atomic E-state index is 11.8. The second-order valence-electron chi connectivity index (χ2n) is 5.27. The molecule has 0 bridgehead atoms. The molecule has 1 fully saturated rings. The van der Waals surface area contributed by atoms with E-state index in [1.165, 1.54) is 0 Å². The number of carbonyl (C=O) groups excluding carboxylic acids is 1. The second-order valence-corrected chi connectivity index (χ2v) is 7.50. The minimum atomic E-state index is -3.10. The fourth-order valence-electron chi connectivity index (χ4n) is 2.19. The molecule has 7 nitrogen and oxygen atoms in total. The molecule has 1 aliphatic rings. The third-order valence-electron chi connectivity index (χ3n) is 3.56. The highest BCUT2D eigenvalue weighted by molar-refractivity contribution is 7.91. The van der Waals surface area contributed by atoms with Gasteiger partial charge in [-0.2, -0.15) is 0 Å². The number of urea groups is 1. The van der Waals surface area contributed by atoms with Crippen molar-refractivity contribution < 1.29 is 23.1 Å². The average Bonchev–Trinajstić information content (AvgIpc) is 2.33. The van der Waals surface area contributed by atoms with E-state index in [4.69, 9.17) is 5.11 Å². The molecule has 1 saturated heterocycles. The van der Waals surface area contributed by atoms with Gasteiger partial charge in [0, 0.05) is 6.04 Å². The smallest absolute Gasteiger partial charge is 0.326 e. The standard InChI is InChI=1S/C12H22N2O5S/c1-3-8(2)10(11(15)16)14-12(17)13-9-5-4-6-20(18,19)7-9/h8-10H,3-7H2,1-2H3,(H,15,16)(H2,13,14,17)/t8-,9?,10-/m0/s1. The Labute approximate surface area is 119 Å². The molecule has 20 heavy (non-hydrogen) atoms. The van der Waals surface area contributed by atoms with Gasteiger partial charge in [0.15, 0.2) is 9.84 Å². The first kappa shape index (κ1) is 16.7. The molecule has 1 aliphatic heterocycles. The van der Waals surface area contributed by atoms with Gasteiger partial charge in [0.1, 0.15) is 6.04 Å². The lowest BCUT2D eigenvalue weighted by atomic mass is 9.99. The Bertz CT molecular complexity index is 462. The Morgan fingerprint density at radius 1 is 1.40 bits per heavy atom. The van der Waals surface area contributed by atoms with Crippen molar-refractivity contribution in [1.82, 2.24) is 10.6 Å². The van der Waals surface area contributed by atoms with E-state index in [-0.39, 0.29) is 17.4 Å². The number of rotatable bonds is 5. The number of carboxylic acids is 1. The van der Waals surface area contributed by atoms with Gasteiger partial charge in [0.2, 0.25) is 0 Å². The highest BCUT2D eigenvalue weighted by atomic mass is 32.2. The number of hydrogen-bond acceptors (Lipinski definition) is 4. The van der Waals surface area contributed by atoms with Crippen LogP contribution in [0.1, 0.15) is 33.1 Å². The van der Waals surface area contributed by atoms with Crippen molar-refractivity contribution in [3.05, 3.63) is 0 Å². The van der Waals surface area contributed by atoms with Crippen LogP contribution in [0.5, 0.6) is 0 Å². The second kappa shape index (κ2) is 6.92. The number of carbonyl (C=O) groups is 2. The summed E-state index contributed by atoms with van der Waals surface area (Å²) in [5, 5.41) is 14.0. The first-order valence-corrected chi connectivity index (χ1v) is 8.57. The molecule has 0 aromatic heterocycles. The number of carboxylic acid groups (broad SMARTS) is 1. The quantitative estimate of drug-likeness (QED) is 0.679. The third kappa shape index (κ3) is 4.99. The van der Waals surface area contributed by atoms with Crippen LogP contribution in [-0.2, 0) is 14.6 Å². The normalized spacial score (nSPS) is 24.4. The Morgan fingerprint density at radius 3 is 2.55 bits per heavy atom. The molecule has 1 rings (SSSR count). The van der Waals surface area contributed by atoms with Gasteiger partial charge in [-0.05, 0) is 18.8 Å². The van der Waals surface area contributed by atoms with E-state index in [0.717, 1.165) is 0 Å². The zero-order valence-corrected chi connectivity index (χ0v) is 12.6. The summed E-state index contributed by atoms with van der Waals surface area (Å²) in [5.74, 6) is -1.22. The predicted octanol–water partition coefficient (Wildman–Crippen LogP) is 0.362. The Kier molecular flexibility index (Phi) is 5.79. The maximum Gasteiger partial charge on any atom is 0.326 e. The van der Waals surface area contributed by atoms with Crippen molar-refractivity contribution in [3.8, 4) is 0 Å². The van der Waals surface area contributed by atoms with Gasteiger partial charge in [0.25, 0.3) is 0 Å². The van der Waals surface area contributed by atoms with Crippen molar-refractivity contribution in [2.75, 3.05) is 11.5 Å². The molecule has 0 aliphatic carbocycles. The molecule has 116 valence electrons. The van der Waals surface area contributed by atoms with Gasteiger partial charge in [-0.25, -0.2) is 18.0 Å². The van der Waals surface area contributed by atoms with Crippen molar-refractivity contribution in [1.29, 1.82) is 0 Å². The number of nitrogens with one attached hydrogen (secondary N) is 2. The number of amides is 2. The highest BCUT2D eigenvalue weighted by Gasteiger charge is 2.29. The van der Waals surface area contributed by atoms with Crippen LogP contribution in [0.15, 0.2) is 0 Å². The van der Waals surface area contributed by atoms with E-state index in [0.29, 0.717) is 19.3 Å². The van der Waals surface area contributed by atoms with Crippen LogP contribution in [0.3, 0.4) is 0 Å². The Morgan fingerprint density at radius 2 is 2.05 bits per heavy atom. The van der Waals surface area contributed by atoms with E-state index < -0.39 is 33.9 Å². The van der Waals surface area contributed by atoms with Crippen molar-refractivity contribution in [2.24, 2.45) is 5.92 Å². The zero-order chi connectivity index (χ0) is 15.3. The molecule has 3 atom stereocenters. The molecule has 2 amide bonds. The first-order chi connectivity index (χ1) is 9.25. The van der Waals surface area contributed by atoms with Gasteiger partial charge in [-0.3, -0.25) is 0 Å². The van der Waals surface area contributed by atoms with E-state index in [2.05, 4.69) is 10.6 Å². The van der Waals surface area contributed by atoms with Gasteiger partial charge < -0.3 is 15.7 Å². The summed E-state index contributed by atoms with van der Waals surface area (Å²) in [7, 11) is -3.10. The van der Waals surface area contributed by atoms with E-state index in [9.17, 15) is 18.0 Å². The molecule has 1 unspecified atom stereocenters. The molecule has 1 heterocycles. The van der Waals surface area contributed by atoms with Crippen molar-refractivity contribution in [3.63, 3.8) is 0 Å². The lowest BCUT2D eigenvalue weighted by Gasteiger charge is -2.25. The average molecular weight is 306 g/mol. The third-order valence-corrected chi connectivity index (χ3v) is 5.38. The minimum Gasteiger partial charge on any atom is -0.480 e. The Hall–Kier alpha value is -1.31. The van der Waals surface area contributed by atoms with E-state index in [1.807, 2.05) is 6.92 Å². The molecule has 0 spiro atoms. The fourth-order valence-corrected chi connectivity index (χ4v) is 3.82. The molecule has 0 aromatic carbocycles. The van der Waals surface area contributed by atoms with Gasteiger partial charge in [-0.1, -0.05) is 20.3 Å². The van der Waals surface area contributed by atoms with Crippen LogP contribution in [0.25, 0.3) is 0 Å². The summed E-state index contributed by atoms with van der Waals surface area (Å²) in [5.41, 5.74) is 0. The number of sulfone groups is 1. The monoisotopic (exact) mass is 306 g/mol. The molecule has 3 N–H and O–H groups in total. The molecule has 0 saturated carbocycles. The van der Waals surface area contributed by atoms with Crippen molar-refractivity contribution >= 4 is 21.8 Å². The van der Waals surface area contributed by atoms with Gasteiger partial charge in [0.05, 0.1) is 11.5 Å². The SMILES string of the molecule is CC[C@H](C)[C@H](NC(=O)NC1CCCS(=O)(=O)C1)C(=O)O. The van der Waals surface area contributed by atoms with Crippen LogP contribution in [0.2, 0.25) is 0 Å². The minimum absolute atomic E-state index is 0.0819. The predicted molar refractivity (Wildman–Crippen MR) is 74.2 cm³/mol. The molecule has 0 aromatic rings. The molecule has 8 heteroatoms.